The predicted molar refractivity (Wildman–Crippen MR) is 64.9 cm³/mol. The number of methoxy groups -OCH3 is 1. The van der Waals surface area contributed by atoms with Gasteiger partial charge >= 0.3 is 0 Å². The van der Waals surface area contributed by atoms with Gasteiger partial charge in [0.1, 0.15) is 5.75 Å². The van der Waals surface area contributed by atoms with Crippen LogP contribution in [0.4, 0.5) is 0 Å². The highest BCUT2D eigenvalue weighted by Crippen LogP contribution is 2.16. The van der Waals surface area contributed by atoms with Crippen LogP contribution in [-0.4, -0.2) is 27.2 Å². The van der Waals surface area contributed by atoms with Crippen LogP contribution in [0, 0.1) is 0 Å². The average Bonchev–Trinajstić information content (AvgIpc) is 2.29. The largest absolute Gasteiger partial charge is 0.497 e. The van der Waals surface area contributed by atoms with Crippen molar-refractivity contribution in [2.75, 3.05) is 18.7 Å². The maximum Gasteiger partial charge on any atom is 0.181 e. The number of benzene rings is 1. The van der Waals surface area contributed by atoms with Crippen LogP contribution in [0.5, 0.6) is 5.75 Å². The zero-order valence-electron chi connectivity index (χ0n) is 8.89. The summed E-state index contributed by atoms with van der Waals surface area (Å²) in [4.78, 5) is 0.285. The van der Waals surface area contributed by atoms with Gasteiger partial charge in [-0.3, -0.25) is 0 Å². The minimum Gasteiger partial charge on any atom is -0.497 e. The summed E-state index contributed by atoms with van der Waals surface area (Å²) >= 11 is 5.42. The summed E-state index contributed by atoms with van der Waals surface area (Å²) in [6.07, 6.45) is 3.16. The fourth-order valence-corrected chi connectivity index (χ4v) is 2.40. The summed E-state index contributed by atoms with van der Waals surface area (Å²) < 4.78 is 28.5. The Morgan fingerprint density at radius 2 is 1.88 bits per heavy atom. The molecule has 0 atom stereocenters. The Morgan fingerprint density at radius 1 is 1.25 bits per heavy atom. The van der Waals surface area contributed by atoms with Gasteiger partial charge in [-0.2, -0.15) is 0 Å². The highest BCUT2D eigenvalue weighted by molar-refractivity contribution is 7.91. The van der Waals surface area contributed by atoms with Gasteiger partial charge < -0.3 is 4.74 Å². The average molecular weight is 261 g/mol. The SMILES string of the molecule is COc1ccc(S(=O)(=O)C/C=C/CCl)cc1. The summed E-state index contributed by atoms with van der Waals surface area (Å²) in [5, 5.41) is 0. The molecule has 0 aliphatic rings. The molecule has 0 unspecified atom stereocenters. The van der Waals surface area contributed by atoms with Crippen molar-refractivity contribution in [1.29, 1.82) is 0 Å². The molecule has 88 valence electrons. The first-order valence-electron chi connectivity index (χ1n) is 4.68. The third-order valence-corrected chi connectivity index (χ3v) is 3.79. The Labute approximate surface area is 101 Å². The molecule has 16 heavy (non-hydrogen) atoms. The molecule has 0 fully saturated rings. The molecular formula is C11H13ClO3S. The number of halogens is 1. The molecule has 0 N–H and O–H groups in total. The molecule has 0 amide bonds. The van der Waals surface area contributed by atoms with E-state index in [-0.39, 0.29) is 10.6 Å². The van der Waals surface area contributed by atoms with Crippen LogP contribution in [0.3, 0.4) is 0 Å². The lowest BCUT2D eigenvalue weighted by Crippen LogP contribution is -2.04. The second-order valence-electron chi connectivity index (χ2n) is 3.08. The van der Waals surface area contributed by atoms with Crippen molar-refractivity contribution < 1.29 is 13.2 Å². The highest BCUT2D eigenvalue weighted by atomic mass is 35.5. The van der Waals surface area contributed by atoms with E-state index in [2.05, 4.69) is 0 Å². The van der Waals surface area contributed by atoms with Crippen LogP contribution >= 0.6 is 11.6 Å². The maximum absolute atomic E-state index is 11.8. The lowest BCUT2D eigenvalue weighted by Gasteiger charge is -2.03. The topological polar surface area (TPSA) is 43.4 Å². The zero-order chi connectivity index (χ0) is 12.0. The van der Waals surface area contributed by atoms with Gasteiger partial charge in [0.2, 0.25) is 0 Å². The summed E-state index contributed by atoms with van der Waals surface area (Å²) in [7, 11) is -1.72. The van der Waals surface area contributed by atoms with E-state index in [0.29, 0.717) is 11.6 Å². The van der Waals surface area contributed by atoms with E-state index >= 15 is 0 Å². The Morgan fingerprint density at radius 3 is 2.38 bits per heavy atom. The number of hydrogen-bond acceptors (Lipinski definition) is 3. The molecule has 1 rings (SSSR count). The summed E-state index contributed by atoms with van der Waals surface area (Å²) in [6, 6.07) is 6.31. The van der Waals surface area contributed by atoms with Gasteiger partial charge in [0.15, 0.2) is 9.84 Å². The lowest BCUT2D eigenvalue weighted by molar-refractivity contribution is 0.414. The van der Waals surface area contributed by atoms with E-state index < -0.39 is 9.84 Å². The standard InChI is InChI=1S/C11H13ClO3S/c1-15-10-4-6-11(7-5-10)16(13,14)9-3-2-8-12/h2-7H,8-9H2,1H3/b3-2+. The van der Waals surface area contributed by atoms with Gasteiger partial charge in [-0.1, -0.05) is 12.2 Å². The fraction of sp³-hybridized carbons (Fsp3) is 0.273. The fourth-order valence-electron chi connectivity index (χ4n) is 1.14. The molecule has 0 radical (unpaired) electrons. The first kappa shape index (κ1) is 13.1. The molecule has 0 spiro atoms. The van der Waals surface area contributed by atoms with Crippen LogP contribution in [0.2, 0.25) is 0 Å². The van der Waals surface area contributed by atoms with Crippen LogP contribution in [0.25, 0.3) is 0 Å². The van der Waals surface area contributed by atoms with Crippen molar-refractivity contribution in [3.05, 3.63) is 36.4 Å². The van der Waals surface area contributed by atoms with Gasteiger partial charge in [-0.25, -0.2) is 8.42 Å². The van der Waals surface area contributed by atoms with Crippen molar-refractivity contribution in [3.63, 3.8) is 0 Å². The minimum atomic E-state index is -3.26. The van der Waals surface area contributed by atoms with E-state index in [9.17, 15) is 8.42 Å². The van der Waals surface area contributed by atoms with Gasteiger partial charge in [-0.15, -0.1) is 11.6 Å². The quantitative estimate of drug-likeness (QED) is 0.603. The van der Waals surface area contributed by atoms with Crippen molar-refractivity contribution in [2.24, 2.45) is 0 Å². The molecule has 0 aliphatic carbocycles. The van der Waals surface area contributed by atoms with E-state index in [0.717, 1.165) is 0 Å². The van der Waals surface area contributed by atoms with E-state index in [4.69, 9.17) is 16.3 Å². The molecule has 1 aromatic carbocycles. The number of allylic oxidation sites excluding steroid dienone is 1. The molecule has 5 heteroatoms. The van der Waals surface area contributed by atoms with Gasteiger partial charge in [0.05, 0.1) is 17.8 Å². The van der Waals surface area contributed by atoms with Gasteiger partial charge in [0, 0.05) is 5.88 Å². The molecule has 1 aromatic rings. The summed E-state index contributed by atoms with van der Waals surface area (Å²) in [5.74, 6) is 0.916. The van der Waals surface area contributed by atoms with E-state index in [1.807, 2.05) is 0 Å². The first-order chi connectivity index (χ1) is 7.60. The molecule has 0 saturated heterocycles. The molecule has 0 aromatic heterocycles. The van der Waals surface area contributed by atoms with Crippen molar-refractivity contribution >= 4 is 21.4 Å². The number of rotatable bonds is 5. The van der Waals surface area contributed by atoms with Crippen LogP contribution in [0.15, 0.2) is 41.3 Å². The molecule has 0 saturated carbocycles. The summed E-state index contributed by atoms with van der Waals surface area (Å²) in [5.41, 5.74) is 0. The smallest absolute Gasteiger partial charge is 0.181 e. The maximum atomic E-state index is 11.8. The Hall–Kier alpha value is -1.00. The monoisotopic (exact) mass is 260 g/mol. The van der Waals surface area contributed by atoms with E-state index in [1.54, 1.807) is 24.3 Å². The molecule has 0 bridgehead atoms. The Balaban J connectivity index is 2.86. The Bertz CT molecular complexity index is 449. The van der Waals surface area contributed by atoms with Crippen LogP contribution in [0.1, 0.15) is 0 Å². The predicted octanol–water partition coefficient (Wildman–Crippen LogP) is 2.26. The minimum absolute atomic E-state index is 0.0357. The second kappa shape index (κ2) is 5.92. The van der Waals surface area contributed by atoms with Crippen LogP contribution < -0.4 is 4.74 Å². The third-order valence-electron chi connectivity index (χ3n) is 1.99. The number of ether oxygens (including phenoxy) is 1. The Kier molecular flexibility index (Phi) is 4.83. The molecule has 0 heterocycles. The van der Waals surface area contributed by atoms with Gasteiger partial charge in [-0.05, 0) is 24.3 Å². The van der Waals surface area contributed by atoms with Crippen molar-refractivity contribution in [1.82, 2.24) is 0 Å². The van der Waals surface area contributed by atoms with Crippen LogP contribution in [-0.2, 0) is 9.84 Å². The first-order valence-corrected chi connectivity index (χ1v) is 6.86. The number of sulfone groups is 1. The van der Waals surface area contributed by atoms with Gasteiger partial charge in [0.25, 0.3) is 0 Å². The highest BCUT2D eigenvalue weighted by Gasteiger charge is 2.11. The normalized spacial score (nSPS) is 11.9. The summed E-state index contributed by atoms with van der Waals surface area (Å²) in [6.45, 7) is 0. The zero-order valence-corrected chi connectivity index (χ0v) is 10.5. The molecule has 0 aliphatic heterocycles. The van der Waals surface area contributed by atoms with E-state index in [1.165, 1.54) is 19.2 Å². The molecule has 3 nitrogen and oxygen atoms in total. The lowest BCUT2D eigenvalue weighted by atomic mass is 10.3. The number of alkyl halides is 1. The van der Waals surface area contributed by atoms with Crippen molar-refractivity contribution in [2.45, 2.75) is 4.90 Å². The molecular weight excluding hydrogens is 248 g/mol. The second-order valence-corrected chi connectivity index (χ2v) is 5.43. The third kappa shape index (κ3) is 3.54. The number of hydrogen-bond donors (Lipinski definition) is 0. The van der Waals surface area contributed by atoms with Crippen molar-refractivity contribution in [3.8, 4) is 5.75 Å².